The maximum absolute atomic E-state index is 12.6. The van der Waals surface area contributed by atoms with Gasteiger partial charge >= 0.3 is 0 Å². The Kier molecular flexibility index (Phi) is 10.7. The van der Waals surface area contributed by atoms with Crippen LogP contribution in [0.4, 0.5) is 5.82 Å². The first-order valence-electron chi connectivity index (χ1n) is 14.8. The maximum atomic E-state index is 12.6. The molecule has 3 aromatic carbocycles. The highest BCUT2D eigenvalue weighted by molar-refractivity contribution is 5.96. The number of rotatable bonds is 7. The summed E-state index contributed by atoms with van der Waals surface area (Å²) in [6, 6.07) is 29.3. The van der Waals surface area contributed by atoms with Crippen LogP contribution in [0.1, 0.15) is 54.0 Å². The molecule has 228 valence electrons. The van der Waals surface area contributed by atoms with E-state index in [9.17, 15) is 14.7 Å². The first kappa shape index (κ1) is 32.1. The minimum Gasteiger partial charge on any atom is -0.507 e. The molecule has 45 heavy (non-hydrogen) atoms. The number of aromatic nitrogens is 4. The molecule has 1 amide bonds. The van der Waals surface area contributed by atoms with E-state index >= 15 is 0 Å². The van der Waals surface area contributed by atoms with Crippen LogP contribution in [0.25, 0.3) is 39.5 Å². The minimum atomic E-state index is -0.357. The Hall–Kier alpha value is -5.83. The zero-order chi connectivity index (χ0) is 32.3. The quantitative estimate of drug-likeness (QED) is 0.164. The van der Waals surface area contributed by atoms with Gasteiger partial charge in [0.25, 0.3) is 5.91 Å². The van der Waals surface area contributed by atoms with Crippen molar-refractivity contribution in [3.05, 3.63) is 120 Å². The smallest absolute Gasteiger partial charge is 0.251 e. The first-order valence-corrected chi connectivity index (χ1v) is 14.8. The molecule has 0 aliphatic rings. The summed E-state index contributed by atoms with van der Waals surface area (Å²) in [7, 11) is 0. The summed E-state index contributed by atoms with van der Waals surface area (Å²) in [5.41, 5.74) is 12.1. The van der Waals surface area contributed by atoms with E-state index in [0.717, 1.165) is 22.5 Å². The Morgan fingerprint density at radius 2 is 1.62 bits per heavy atom. The summed E-state index contributed by atoms with van der Waals surface area (Å²) < 4.78 is 1.95. The van der Waals surface area contributed by atoms with Crippen molar-refractivity contribution in [1.29, 1.82) is 0 Å². The lowest BCUT2D eigenvalue weighted by atomic mass is 10.1. The number of aldehydes is 1. The van der Waals surface area contributed by atoms with Gasteiger partial charge in [0, 0.05) is 29.6 Å². The van der Waals surface area contributed by atoms with Crippen molar-refractivity contribution < 1.29 is 14.7 Å². The number of pyridine rings is 2. The number of carbonyl (C=O) groups excluding carboxylic acids is 2. The molecule has 0 atom stereocenters. The summed E-state index contributed by atoms with van der Waals surface area (Å²) in [6.45, 7) is 8.26. The predicted molar refractivity (Wildman–Crippen MR) is 179 cm³/mol. The highest BCUT2D eigenvalue weighted by atomic mass is 16.3. The third kappa shape index (κ3) is 7.05. The van der Waals surface area contributed by atoms with Crippen molar-refractivity contribution >= 4 is 29.2 Å². The Bertz CT molecular complexity index is 1900. The van der Waals surface area contributed by atoms with Crippen LogP contribution in [0.15, 0.2) is 103 Å². The number of nitrogens with two attached hydrogens (primary N) is 1. The van der Waals surface area contributed by atoms with E-state index in [-0.39, 0.29) is 29.3 Å². The number of imidazole rings is 1. The number of nitrogens with zero attached hydrogens (tertiary/aromatic N) is 4. The van der Waals surface area contributed by atoms with E-state index in [1.165, 1.54) is 18.2 Å². The topological polar surface area (TPSA) is 136 Å². The number of hydrogen-bond donors (Lipinski definition) is 3. The fourth-order valence-electron chi connectivity index (χ4n) is 4.60. The van der Waals surface area contributed by atoms with Gasteiger partial charge in [0.15, 0.2) is 17.8 Å². The van der Waals surface area contributed by atoms with Crippen LogP contribution in [0.5, 0.6) is 5.75 Å². The number of amides is 1. The molecular weight excluding hydrogens is 564 g/mol. The Morgan fingerprint density at radius 1 is 0.889 bits per heavy atom. The van der Waals surface area contributed by atoms with Gasteiger partial charge in [-0.1, -0.05) is 70.2 Å². The van der Waals surface area contributed by atoms with Crippen molar-refractivity contribution in [2.45, 2.75) is 34.2 Å². The number of hydrogen-bond acceptors (Lipinski definition) is 7. The van der Waals surface area contributed by atoms with Gasteiger partial charge in [0.2, 0.25) is 0 Å². The van der Waals surface area contributed by atoms with Crippen LogP contribution < -0.4 is 11.1 Å². The molecule has 6 aromatic rings. The molecule has 0 aliphatic heterocycles. The molecule has 6 rings (SSSR count). The molecule has 3 heterocycles. The molecule has 9 nitrogen and oxygen atoms in total. The van der Waals surface area contributed by atoms with Crippen molar-refractivity contribution in [2.24, 2.45) is 0 Å². The summed E-state index contributed by atoms with van der Waals surface area (Å²) in [5, 5.41) is 12.5. The molecule has 3 aromatic heterocycles. The zero-order valence-corrected chi connectivity index (χ0v) is 25.7. The molecule has 0 saturated carbocycles. The van der Waals surface area contributed by atoms with Crippen molar-refractivity contribution in [3.63, 3.8) is 0 Å². The average molecular weight is 601 g/mol. The van der Waals surface area contributed by atoms with Gasteiger partial charge in [0.1, 0.15) is 17.1 Å². The highest BCUT2D eigenvalue weighted by Gasteiger charge is 2.19. The molecule has 0 bridgehead atoms. The van der Waals surface area contributed by atoms with Crippen LogP contribution >= 0.6 is 0 Å². The zero-order valence-electron chi connectivity index (χ0n) is 25.7. The third-order valence-electron chi connectivity index (χ3n) is 6.72. The van der Waals surface area contributed by atoms with Gasteiger partial charge in [-0.3, -0.25) is 14.2 Å². The van der Waals surface area contributed by atoms with Crippen molar-refractivity contribution in [3.8, 4) is 34.1 Å². The number of phenols is 1. The van der Waals surface area contributed by atoms with Gasteiger partial charge in [0.05, 0.1) is 16.8 Å². The van der Waals surface area contributed by atoms with Gasteiger partial charge in [-0.2, -0.15) is 0 Å². The largest absolute Gasteiger partial charge is 0.507 e. The summed E-state index contributed by atoms with van der Waals surface area (Å²) in [6.07, 6.45) is 2.15. The lowest BCUT2D eigenvalue weighted by Crippen LogP contribution is -2.22. The fourth-order valence-corrected chi connectivity index (χ4v) is 4.60. The lowest BCUT2D eigenvalue weighted by Gasteiger charge is -2.12. The SMILES string of the molecule is CC.CC.Nc1ncccc1-c1nc2ccc(-c3ccccc3)nc2n1-c1ccc(CNC(=O)c2ccc(O)c(C=O)c2)cc1. The number of carbonyl (C=O) groups is 2. The van der Waals surface area contributed by atoms with Gasteiger partial charge < -0.3 is 16.2 Å². The number of phenolic OH excluding ortho intramolecular Hbond substituents is 1. The Morgan fingerprint density at radius 3 is 2.31 bits per heavy atom. The molecular formula is C36H36N6O3. The number of benzene rings is 3. The number of nitrogens with one attached hydrogen (secondary N) is 1. The van der Waals surface area contributed by atoms with E-state index < -0.39 is 0 Å². The van der Waals surface area contributed by atoms with Crippen molar-refractivity contribution in [2.75, 3.05) is 5.73 Å². The van der Waals surface area contributed by atoms with E-state index in [1.807, 2.05) is 111 Å². The van der Waals surface area contributed by atoms with Gasteiger partial charge in [-0.05, 0) is 60.2 Å². The molecule has 0 unspecified atom stereocenters. The average Bonchev–Trinajstić information content (AvgIpc) is 3.48. The Labute approximate surface area is 262 Å². The standard InChI is InChI=1S/C32H24N6O3.2C2H6/c33-29-25(7-4-16-34-29)30-37-27-14-13-26(21-5-2-1-3-6-21)36-31(27)38(30)24-11-8-20(9-12-24)18-35-32(41)22-10-15-28(40)23(17-22)19-39;2*1-2/h1-17,19,40H,18H2,(H2,33,34)(H,35,41);2*1-2H3. The number of aromatic hydroxyl groups is 1. The summed E-state index contributed by atoms with van der Waals surface area (Å²) >= 11 is 0. The second-order valence-corrected chi connectivity index (χ2v) is 9.35. The second-order valence-electron chi connectivity index (χ2n) is 9.35. The molecule has 0 spiro atoms. The van der Waals surface area contributed by atoms with Crippen LogP contribution in [-0.2, 0) is 6.54 Å². The van der Waals surface area contributed by atoms with Crippen LogP contribution in [0, 0.1) is 0 Å². The monoisotopic (exact) mass is 600 g/mol. The second kappa shape index (κ2) is 15.1. The lowest BCUT2D eigenvalue weighted by molar-refractivity contribution is 0.0951. The Balaban J connectivity index is 0.00000111. The van der Waals surface area contributed by atoms with Crippen LogP contribution in [-0.4, -0.2) is 36.8 Å². The first-order chi connectivity index (χ1) is 22.0. The van der Waals surface area contributed by atoms with E-state index in [4.69, 9.17) is 15.7 Å². The molecule has 9 heteroatoms. The highest BCUT2D eigenvalue weighted by Crippen LogP contribution is 2.31. The molecule has 0 aliphatic carbocycles. The van der Waals surface area contributed by atoms with Crippen LogP contribution in [0.2, 0.25) is 0 Å². The van der Waals surface area contributed by atoms with Crippen molar-refractivity contribution in [1.82, 2.24) is 24.8 Å². The maximum Gasteiger partial charge on any atom is 0.251 e. The predicted octanol–water partition coefficient (Wildman–Crippen LogP) is 7.23. The summed E-state index contributed by atoms with van der Waals surface area (Å²) in [5.74, 6) is 0.447. The number of fused-ring (bicyclic) bond motifs is 1. The van der Waals surface area contributed by atoms with E-state index in [0.29, 0.717) is 34.7 Å². The fraction of sp³-hybridized carbons (Fsp3) is 0.139. The molecule has 0 radical (unpaired) electrons. The minimum absolute atomic E-state index is 0.0589. The molecule has 0 fully saturated rings. The molecule has 0 saturated heterocycles. The third-order valence-corrected chi connectivity index (χ3v) is 6.72. The molecule has 4 N–H and O–H groups in total. The van der Waals surface area contributed by atoms with Gasteiger partial charge in [-0.15, -0.1) is 0 Å². The van der Waals surface area contributed by atoms with Crippen LogP contribution in [0.3, 0.4) is 0 Å². The van der Waals surface area contributed by atoms with E-state index in [1.54, 1.807) is 6.20 Å². The van der Waals surface area contributed by atoms with Gasteiger partial charge in [-0.25, -0.2) is 15.0 Å². The van der Waals surface area contributed by atoms with E-state index in [2.05, 4.69) is 10.3 Å². The number of nitrogen functional groups attached to an aromatic ring is 1. The number of anilines is 1. The normalized spacial score (nSPS) is 10.2. The summed E-state index contributed by atoms with van der Waals surface area (Å²) in [4.78, 5) is 37.8.